The summed E-state index contributed by atoms with van der Waals surface area (Å²) in [6.45, 7) is 0.200. The monoisotopic (exact) mass is 210 g/mol. The lowest BCUT2D eigenvalue weighted by Crippen LogP contribution is -2.30. The van der Waals surface area contributed by atoms with Crippen molar-refractivity contribution in [2.24, 2.45) is 5.84 Å². The molecule has 0 aromatic carbocycles. The Labute approximate surface area is 87.7 Å². The average molecular weight is 210 g/mol. The molecule has 1 aromatic heterocycles. The second-order valence-electron chi connectivity index (χ2n) is 2.99. The number of hydrogen-bond acceptors (Lipinski definition) is 5. The van der Waals surface area contributed by atoms with Crippen LogP contribution in [0.5, 0.6) is 0 Å². The highest BCUT2D eigenvalue weighted by Crippen LogP contribution is 2.11. The van der Waals surface area contributed by atoms with Crippen LogP contribution in [0.15, 0.2) is 18.3 Å². The van der Waals surface area contributed by atoms with E-state index in [0.29, 0.717) is 11.4 Å². The van der Waals surface area contributed by atoms with E-state index in [4.69, 9.17) is 10.9 Å². The summed E-state index contributed by atoms with van der Waals surface area (Å²) in [7, 11) is 1.60. The van der Waals surface area contributed by atoms with Crippen molar-refractivity contribution in [2.75, 3.05) is 25.6 Å². The minimum Gasteiger partial charge on any atom is -0.395 e. The maximum absolute atomic E-state index is 11.8. The summed E-state index contributed by atoms with van der Waals surface area (Å²) in [4.78, 5) is 17.1. The lowest BCUT2D eigenvalue weighted by Gasteiger charge is -2.16. The summed E-state index contributed by atoms with van der Waals surface area (Å²) in [6, 6.07) is 3.28. The van der Waals surface area contributed by atoms with Gasteiger partial charge in [-0.25, -0.2) is 10.8 Å². The molecule has 6 heteroatoms. The summed E-state index contributed by atoms with van der Waals surface area (Å²) in [5, 5.41) is 8.71. The number of nitrogens with zero attached hydrogens (tertiary/aromatic N) is 2. The summed E-state index contributed by atoms with van der Waals surface area (Å²) in [6.07, 6.45) is 1.54. The lowest BCUT2D eigenvalue weighted by atomic mass is 10.2. The van der Waals surface area contributed by atoms with E-state index in [0.717, 1.165) is 0 Å². The maximum Gasteiger partial charge on any atom is 0.257 e. The van der Waals surface area contributed by atoms with Gasteiger partial charge in [0.1, 0.15) is 0 Å². The molecule has 6 nitrogen and oxygen atoms in total. The second-order valence-corrected chi connectivity index (χ2v) is 2.99. The van der Waals surface area contributed by atoms with Gasteiger partial charge in [0.05, 0.1) is 12.2 Å². The van der Waals surface area contributed by atoms with Crippen LogP contribution in [0.2, 0.25) is 0 Å². The number of carbonyl (C=O) groups is 1. The summed E-state index contributed by atoms with van der Waals surface area (Å²) >= 11 is 0. The molecule has 0 spiro atoms. The van der Waals surface area contributed by atoms with Crippen molar-refractivity contribution in [3.05, 3.63) is 23.9 Å². The number of anilines is 1. The molecule has 0 fully saturated rings. The molecular weight excluding hydrogens is 196 g/mol. The van der Waals surface area contributed by atoms with Gasteiger partial charge in [0.15, 0.2) is 5.82 Å². The molecule has 0 unspecified atom stereocenters. The third-order valence-corrected chi connectivity index (χ3v) is 1.96. The summed E-state index contributed by atoms with van der Waals surface area (Å²) < 4.78 is 0. The molecule has 1 rings (SSSR count). The van der Waals surface area contributed by atoms with Gasteiger partial charge >= 0.3 is 0 Å². The first-order valence-corrected chi connectivity index (χ1v) is 4.48. The van der Waals surface area contributed by atoms with E-state index in [-0.39, 0.29) is 19.1 Å². The standard InChI is InChI=1S/C9H14N4O2/c1-13(5-6-14)9(15)7-3-2-4-11-8(7)12-10/h2-4,14H,5-6,10H2,1H3,(H,11,12). The van der Waals surface area contributed by atoms with Crippen LogP contribution < -0.4 is 11.3 Å². The van der Waals surface area contributed by atoms with E-state index < -0.39 is 0 Å². The Kier molecular flexibility index (Phi) is 4.02. The Morgan fingerprint density at radius 3 is 3.07 bits per heavy atom. The predicted octanol–water partition coefficient (Wildman–Crippen LogP) is -0.569. The number of hydrogen-bond donors (Lipinski definition) is 3. The van der Waals surface area contributed by atoms with Gasteiger partial charge < -0.3 is 15.4 Å². The molecule has 15 heavy (non-hydrogen) atoms. The van der Waals surface area contributed by atoms with Crippen molar-refractivity contribution < 1.29 is 9.90 Å². The van der Waals surface area contributed by atoms with Crippen LogP contribution in [0.4, 0.5) is 5.82 Å². The summed E-state index contributed by atoms with van der Waals surface area (Å²) in [5.41, 5.74) is 2.74. The van der Waals surface area contributed by atoms with Crippen LogP contribution >= 0.6 is 0 Å². The number of nitrogens with one attached hydrogen (secondary N) is 1. The van der Waals surface area contributed by atoms with Crippen LogP contribution in [0, 0.1) is 0 Å². The molecule has 0 aliphatic heterocycles. The van der Waals surface area contributed by atoms with Gasteiger partial charge in [-0.2, -0.15) is 0 Å². The zero-order valence-electron chi connectivity index (χ0n) is 8.47. The first-order valence-electron chi connectivity index (χ1n) is 4.48. The van der Waals surface area contributed by atoms with Crippen LogP contribution in [0.25, 0.3) is 0 Å². The zero-order chi connectivity index (χ0) is 11.3. The van der Waals surface area contributed by atoms with Crippen molar-refractivity contribution in [1.29, 1.82) is 0 Å². The smallest absolute Gasteiger partial charge is 0.257 e. The molecule has 4 N–H and O–H groups in total. The Hall–Kier alpha value is -1.66. The highest BCUT2D eigenvalue weighted by molar-refractivity contribution is 5.98. The third-order valence-electron chi connectivity index (χ3n) is 1.96. The number of likely N-dealkylation sites (N-methyl/N-ethyl adjacent to an activating group) is 1. The van der Waals surface area contributed by atoms with Crippen molar-refractivity contribution in [3.8, 4) is 0 Å². The molecule has 0 aliphatic carbocycles. The van der Waals surface area contributed by atoms with Crippen LogP contribution in [0.3, 0.4) is 0 Å². The van der Waals surface area contributed by atoms with E-state index in [1.807, 2.05) is 0 Å². The van der Waals surface area contributed by atoms with Crippen molar-refractivity contribution in [3.63, 3.8) is 0 Å². The van der Waals surface area contributed by atoms with E-state index in [1.54, 1.807) is 19.2 Å². The van der Waals surface area contributed by atoms with E-state index in [9.17, 15) is 4.79 Å². The minimum atomic E-state index is -0.231. The van der Waals surface area contributed by atoms with Gasteiger partial charge in [0, 0.05) is 19.8 Å². The van der Waals surface area contributed by atoms with Gasteiger partial charge in [-0.3, -0.25) is 4.79 Å². The minimum absolute atomic E-state index is 0.0755. The molecule has 0 radical (unpaired) electrons. The Bertz CT molecular complexity index is 343. The SMILES string of the molecule is CN(CCO)C(=O)c1cccnc1NN. The fourth-order valence-electron chi connectivity index (χ4n) is 1.15. The fourth-order valence-corrected chi connectivity index (χ4v) is 1.15. The molecule has 0 bridgehead atoms. The fraction of sp³-hybridized carbons (Fsp3) is 0.333. The summed E-state index contributed by atoms with van der Waals surface area (Å²) in [5.74, 6) is 5.32. The maximum atomic E-state index is 11.8. The van der Waals surface area contributed by atoms with Crippen molar-refractivity contribution in [2.45, 2.75) is 0 Å². The van der Waals surface area contributed by atoms with Gasteiger partial charge in [-0.15, -0.1) is 0 Å². The van der Waals surface area contributed by atoms with E-state index >= 15 is 0 Å². The molecule has 82 valence electrons. The molecule has 0 atom stereocenters. The Morgan fingerprint density at radius 1 is 1.73 bits per heavy atom. The molecular formula is C9H14N4O2. The van der Waals surface area contributed by atoms with E-state index in [2.05, 4.69) is 10.4 Å². The average Bonchev–Trinajstić information content (AvgIpc) is 2.28. The zero-order valence-corrected chi connectivity index (χ0v) is 8.47. The van der Waals surface area contributed by atoms with Crippen LogP contribution in [-0.4, -0.2) is 41.1 Å². The van der Waals surface area contributed by atoms with Gasteiger partial charge in [0.25, 0.3) is 5.91 Å². The number of pyridine rings is 1. The second kappa shape index (κ2) is 5.28. The molecule has 1 heterocycles. The highest BCUT2D eigenvalue weighted by atomic mass is 16.3. The van der Waals surface area contributed by atoms with E-state index in [1.165, 1.54) is 11.1 Å². The van der Waals surface area contributed by atoms with Gasteiger partial charge in [-0.1, -0.05) is 0 Å². The number of nitrogens with two attached hydrogens (primary N) is 1. The van der Waals surface area contributed by atoms with Gasteiger partial charge in [-0.05, 0) is 12.1 Å². The molecule has 1 aromatic rings. The number of hydrazine groups is 1. The third kappa shape index (κ3) is 2.64. The number of aliphatic hydroxyl groups is 1. The Balaban J connectivity index is 2.90. The number of aromatic nitrogens is 1. The molecule has 0 saturated heterocycles. The van der Waals surface area contributed by atoms with Crippen LogP contribution in [-0.2, 0) is 0 Å². The Morgan fingerprint density at radius 2 is 2.47 bits per heavy atom. The predicted molar refractivity (Wildman–Crippen MR) is 56.1 cm³/mol. The number of carbonyl (C=O) groups excluding carboxylic acids is 1. The van der Waals surface area contributed by atoms with Crippen molar-refractivity contribution >= 4 is 11.7 Å². The number of amides is 1. The first-order chi connectivity index (χ1) is 7.20. The highest BCUT2D eigenvalue weighted by Gasteiger charge is 2.15. The lowest BCUT2D eigenvalue weighted by molar-refractivity contribution is 0.0767. The number of nitrogen functional groups attached to an aromatic ring is 1. The quantitative estimate of drug-likeness (QED) is 0.457. The molecule has 0 aliphatic rings. The normalized spacial score (nSPS) is 9.80. The topological polar surface area (TPSA) is 91.5 Å². The molecule has 0 saturated carbocycles. The van der Waals surface area contributed by atoms with Crippen LogP contribution in [0.1, 0.15) is 10.4 Å². The number of aliphatic hydroxyl groups excluding tert-OH is 1. The van der Waals surface area contributed by atoms with Gasteiger partial charge in [0.2, 0.25) is 0 Å². The largest absolute Gasteiger partial charge is 0.395 e. The first kappa shape index (κ1) is 11.4. The van der Waals surface area contributed by atoms with Crippen molar-refractivity contribution in [1.82, 2.24) is 9.88 Å². The number of rotatable bonds is 4. The molecule has 1 amide bonds.